The highest BCUT2D eigenvalue weighted by atomic mass is 32.1. The van der Waals surface area contributed by atoms with Crippen LogP contribution < -0.4 is 0 Å². The lowest BCUT2D eigenvalue weighted by Gasteiger charge is -2.09. The molecule has 128 valence electrons. The molecule has 0 aliphatic carbocycles. The van der Waals surface area contributed by atoms with Crippen LogP contribution in [0.5, 0.6) is 0 Å². The van der Waals surface area contributed by atoms with Crippen molar-refractivity contribution in [3.8, 4) is 0 Å². The fraction of sp³-hybridized carbons (Fsp3) is 0. The maximum atomic E-state index is 2.30. The smallest absolute Gasteiger partial charge is 0.0556 e. The molecule has 0 aliphatic heterocycles. The van der Waals surface area contributed by atoms with Crippen LogP contribution in [0.4, 0.5) is 0 Å². The number of fused-ring (bicyclic) bond motifs is 8. The molecule has 0 nitrogen and oxygen atoms in total. The number of benzene rings is 4. The van der Waals surface area contributed by atoms with Gasteiger partial charge in [-0.1, -0.05) is 60.7 Å². The largest absolute Gasteiger partial charge is 0.149 e. The van der Waals surface area contributed by atoms with Crippen molar-refractivity contribution in [3.63, 3.8) is 0 Å². The predicted molar refractivity (Wildman–Crippen MR) is 125 cm³/mol. The molecule has 6 rings (SSSR count). The molecule has 4 aromatic carbocycles. The second kappa shape index (κ2) is 6.03. The van der Waals surface area contributed by atoms with E-state index in [9.17, 15) is 0 Å². The molecule has 0 spiro atoms. The van der Waals surface area contributed by atoms with E-state index >= 15 is 0 Å². The molecule has 6 aromatic rings. The molecule has 0 saturated heterocycles. The Labute approximate surface area is 168 Å². The first-order valence-corrected chi connectivity index (χ1v) is 11.4. The zero-order valence-electron chi connectivity index (χ0n) is 14.3. The van der Waals surface area contributed by atoms with E-state index in [1.807, 2.05) is 22.7 Å². The van der Waals surface area contributed by atoms with Gasteiger partial charge in [0.1, 0.15) is 0 Å². The Morgan fingerprint density at radius 2 is 0.926 bits per heavy atom. The molecule has 0 unspecified atom stereocenters. The highest BCUT2D eigenvalue weighted by molar-refractivity contribution is 7.34. The minimum absolute atomic E-state index is 1.30. The molecule has 2 heterocycles. The fourth-order valence-corrected chi connectivity index (χ4v) is 7.23. The summed E-state index contributed by atoms with van der Waals surface area (Å²) in [5, 5.41) is 12.6. The maximum Gasteiger partial charge on any atom is 0.0556 e. The molecule has 0 radical (unpaired) electrons. The van der Waals surface area contributed by atoms with Crippen molar-refractivity contribution in [2.24, 2.45) is 0 Å². The van der Waals surface area contributed by atoms with Gasteiger partial charge in [0.05, 0.1) is 9.40 Å². The van der Waals surface area contributed by atoms with E-state index in [1.165, 1.54) is 51.1 Å². The Kier molecular flexibility index (Phi) is 3.48. The van der Waals surface area contributed by atoms with Gasteiger partial charge in [0, 0.05) is 30.9 Å². The number of rotatable bonds is 0. The number of hydrogen-bond acceptors (Lipinski definition) is 3. The summed E-state index contributed by atoms with van der Waals surface area (Å²) in [5.74, 6) is 0. The minimum Gasteiger partial charge on any atom is -0.149 e. The monoisotopic (exact) mass is 398 g/mol. The van der Waals surface area contributed by atoms with Gasteiger partial charge in [0.25, 0.3) is 0 Å². The lowest BCUT2D eigenvalue weighted by molar-refractivity contribution is 1.81. The highest BCUT2D eigenvalue weighted by Crippen LogP contribution is 2.40. The molecular weight excluding hydrogens is 384 g/mol. The zero-order chi connectivity index (χ0) is 17.8. The van der Waals surface area contributed by atoms with Crippen LogP contribution in [0.1, 0.15) is 0 Å². The van der Waals surface area contributed by atoms with Crippen LogP contribution in [0.3, 0.4) is 0 Å². The van der Waals surface area contributed by atoms with Crippen LogP contribution in [-0.4, -0.2) is 0 Å². The van der Waals surface area contributed by atoms with Crippen molar-refractivity contribution in [1.29, 1.82) is 0 Å². The molecule has 27 heavy (non-hydrogen) atoms. The third kappa shape index (κ3) is 2.39. The van der Waals surface area contributed by atoms with Gasteiger partial charge in [0.15, 0.2) is 0 Å². The highest BCUT2D eigenvalue weighted by Gasteiger charge is 2.09. The van der Waals surface area contributed by atoms with Gasteiger partial charge < -0.3 is 0 Å². The molecule has 0 atom stereocenters. The van der Waals surface area contributed by atoms with Crippen LogP contribution in [0.15, 0.2) is 83.6 Å². The molecule has 0 N–H and O–H groups in total. The van der Waals surface area contributed by atoms with Crippen molar-refractivity contribution in [3.05, 3.63) is 83.6 Å². The summed E-state index contributed by atoms with van der Waals surface area (Å²) in [6.07, 6.45) is 0. The van der Waals surface area contributed by atoms with Gasteiger partial charge in [-0.3, -0.25) is 0 Å². The third-order valence-electron chi connectivity index (χ3n) is 5.06. The lowest BCUT2D eigenvalue weighted by Crippen LogP contribution is -1.80. The van der Waals surface area contributed by atoms with E-state index in [1.54, 1.807) is 11.3 Å². The summed E-state index contributed by atoms with van der Waals surface area (Å²) in [7, 11) is 0. The summed E-state index contributed by atoms with van der Waals surface area (Å²) in [6, 6.07) is 26.6. The Morgan fingerprint density at radius 1 is 0.444 bits per heavy atom. The average molecular weight is 399 g/mol. The van der Waals surface area contributed by atoms with E-state index in [2.05, 4.69) is 83.6 Å². The molecule has 0 fully saturated rings. The third-order valence-corrected chi connectivity index (χ3v) is 8.47. The number of hydrogen-bond donors (Lipinski definition) is 0. The number of thiophene rings is 1. The van der Waals surface area contributed by atoms with E-state index in [0.717, 1.165) is 0 Å². The van der Waals surface area contributed by atoms with Crippen molar-refractivity contribution in [2.45, 2.75) is 0 Å². The van der Waals surface area contributed by atoms with Gasteiger partial charge in [-0.2, -0.15) is 0 Å². The van der Waals surface area contributed by atoms with Crippen molar-refractivity contribution >= 4 is 85.1 Å². The van der Waals surface area contributed by atoms with E-state index < -0.39 is 0 Å². The molecule has 2 aromatic heterocycles. The van der Waals surface area contributed by atoms with E-state index in [0.29, 0.717) is 0 Å². The average Bonchev–Trinajstić information content (AvgIpc) is 3.13. The zero-order valence-corrected chi connectivity index (χ0v) is 16.8. The first-order chi connectivity index (χ1) is 13.4. The van der Waals surface area contributed by atoms with Crippen LogP contribution in [-0.2, 0) is 0 Å². The molecule has 0 amide bonds. The standard InChI is InChI=1S/C24H14S3/c1-3-7-17-15(5-1)9-11-19-23(17)24-18-8-4-2-6-16(18)10-12-20(24)27-22-14-25-13-21(22)26-19/h1-14H. The van der Waals surface area contributed by atoms with Crippen molar-refractivity contribution < 1.29 is 0 Å². The predicted octanol–water partition coefficient (Wildman–Crippen LogP) is 8.76. The normalized spacial score (nSPS) is 11.7. The van der Waals surface area contributed by atoms with Gasteiger partial charge in [0.2, 0.25) is 0 Å². The van der Waals surface area contributed by atoms with Crippen LogP contribution in [0, 0.1) is 0 Å². The van der Waals surface area contributed by atoms with Crippen molar-refractivity contribution in [2.75, 3.05) is 0 Å². The van der Waals surface area contributed by atoms with Gasteiger partial charge in [-0.15, -0.1) is 34.0 Å². The topological polar surface area (TPSA) is 0 Å². The van der Waals surface area contributed by atoms with Gasteiger partial charge in [-0.05, 0) is 33.7 Å². The van der Waals surface area contributed by atoms with Crippen LogP contribution in [0.2, 0.25) is 0 Å². The van der Waals surface area contributed by atoms with Gasteiger partial charge >= 0.3 is 0 Å². The van der Waals surface area contributed by atoms with E-state index in [-0.39, 0.29) is 0 Å². The lowest BCUT2D eigenvalue weighted by atomic mass is 9.99. The molecule has 0 saturated carbocycles. The van der Waals surface area contributed by atoms with Gasteiger partial charge in [-0.25, -0.2) is 0 Å². The first-order valence-electron chi connectivity index (χ1n) is 8.84. The Balaban J connectivity index is 2.06. The fourth-order valence-electron chi connectivity index (χ4n) is 3.85. The van der Waals surface area contributed by atoms with Crippen LogP contribution >= 0.6 is 34.0 Å². The maximum absolute atomic E-state index is 2.30. The Hall–Kier alpha value is -2.46. The molecule has 3 heteroatoms. The SMILES string of the molecule is c1ccc2c(c1)ccc1sc3cscc3sc3ccc4ccccc4c3c12. The summed E-state index contributed by atoms with van der Waals surface area (Å²) in [4.78, 5) is 0. The summed E-state index contributed by atoms with van der Waals surface area (Å²) in [5.41, 5.74) is 0. The first kappa shape index (κ1) is 15.6. The molecule has 0 bridgehead atoms. The second-order valence-electron chi connectivity index (χ2n) is 6.62. The second-order valence-corrected chi connectivity index (χ2v) is 9.54. The molecule has 0 aliphatic rings. The summed E-state index contributed by atoms with van der Waals surface area (Å²) >= 11 is 5.59. The molecular formula is C24H14S3. The Bertz CT molecular complexity index is 1410. The van der Waals surface area contributed by atoms with Crippen LogP contribution in [0.25, 0.3) is 51.1 Å². The van der Waals surface area contributed by atoms with Crippen molar-refractivity contribution in [1.82, 2.24) is 0 Å². The summed E-state index contributed by atoms with van der Waals surface area (Å²) < 4.78 is 5.40. The summed E-state index contributed by atoms with van der Waals surface area (Å²) in [6.45, 7) is 0. The van der Waals surface area contributed by atoms with E-state index in [4.69, 9.17) is 0 Å². The quantitative estimate of drug-likeness (QED) is 0.240. The Morgan fingerprint density at radius 3 is 1.44 bits per heavy atom. The minimum atomic E-state index is 1.30.